The quantitative estimate of drug-likeness (QED) is 0.532. The number of ether oxygens (including phenoxy) is 1. The Morgan fingerprint density at radius 1 is 1.17 bits per heavy atom. The Balaban J connectivity index is 1.60. The number of hydrogen-bond acceptors (Lipinski definition) is 6. The molecule has 2 aromatic carbocycles. The summed E-state index contributed by atoms with van der Waals surface area (Å²) in [6.07, 6.45) is 4.12. The number of nitrogens with one attached hydrogen (secondary N) is 2. The molecule has 1 heterocycles. The van der Waals surface area contributed by atoms with E-state index in [4.69, 9.17) is 4.74 Å². The Bertz CT molecular complexity index is 1090. The van der Waals surface area contributed by atoms with E-state index >= 15 is 0 Å². The van der Waals surface area contributed by atoms with Crippen LogP contribution in [0.1, 0.15) is 11.3 Å². The lowest BCUT2D eigenvalue weighted by Gasteiger charge is -2.10. The molecule has 0 radical (unpaired) electrons. The van der Waals surface area contributed by atoms with Crippen molar-refractivity contribution in [3.8, 4) is 5.75 Å². The first-order chi connectivity index (χ1) is 13.9. The van der Waals surface area contributed by atoms with Crippen LogP contribution in [0.15, 0.2) is 65.5 Å². The summed E-state index contributed by atoms with van der Waals surface area (Å²) in [6, 6.07) is 13.8. The molecular weight excluding hydrogens is 410 g/mol. The number of sulfonamides is 1. The van der Waals surface area contributed by atoms with Gasteiger partial charge in [0.1, 0.15) is 12.4 Å². The number of rotatable bonds is 8. The molecule has 0 aliphatic heterocycles. The molecule has 0 aliphatic rings. The van der Waals surface area contributed by atoms with Gasteiger partial charge in [0.2, 0.25) is 15.9 Å². The van der Waals surface area contributed by atoms with Crippen molar-refractivity contribution in [3.05, 3.63) is 76.8 Å². The van der Waals surface area contributed by atoms with Crippen molar-refractivity contribution in [2.24, 2.45) is 0 Å². The fourth-order valence-corrected chi connectivity index (χ4v) is 3.49. The van der Waals surface area contributed by atoms with Crippen molar-refractivity contribution in [1.82, 2.24) is 4.98 Å². The highest BCUT2D eigenvalue weighted by molar-refractivity contribution is 7.92. The third-order valence-electron chi connectivity index (χ3n) is 3.65. The number of aromatic nitrogens is 1. The molecular formula is C20H19N3O4S2. The van der Waals surface area contributed by atoms with Gasteiger partial charge in [0.25, 0.3) is 0 Å². The first-order valence-corrected chi connectivity index (χ1v) is 11.4. The van der Waals surface area contributed by atoms with Gasteiger partial charge in [-0.2, -0.15) is 0 Å². The van der Waals surface area contributed by atoms with Gasteiger partial charge in [0.05, 0.1) is 23.1 Å². The highest BCUT2D eigenvalue weighted by atomic mass is 32.2. The van der Waals surface area contributed by atoms with Crippen molar-refractivity contribution in [2.45, 2.75) is 6.61 Å². The van der Waals surface area contributed by atoms with Gasteiger partial charge >= 0.3 is 0 Å². The third-order valence-corrected chi connectivity index (χ3v) is 4.89. The number of hydrogen-bond donors (Lipinski definition) is 2. The Labute approximate surface area is 173 Å². The number of amides is 1. The van der Waals surface area contributed by atoms with E-state index in [0.29, 0.717) is 23.7 Å². The number of benzene rings is 2. The Morgan fingerprint density at radius 3 is 2.62 bits per heavy atom. The lowest BCUT2D eigenvalue weighted by molar-refractivity contribution is -0.111. The van der Waals surface area contributed by atoms with Crippen LogP contribution in [0.3, 0.4) is 0 Å². The summed E-state index contributed by atoms with van der Waals surface area (Å²) >= 11 is 1.49. The molecule has 7 nitrogen and oxygen atoms in total. The van der Waals surface area contributed by atoms with Crippen molar-refractivity contribution >= 4 is 44.7 Å². The van der Waals surface area contributed by atoms with Crippen LogP contribution in [0.5, 0.6) is 5.75 Å². The predicted octanol–water partition coefficient (Wildman–Crippen LogP) is 3.75. The molecule has 0 bridgehead atoms. The lowest BCUT2D eigenvalue weighted by atomic mass is 10.2. The van der Waals surface area contributed by atoms with Gasteiger partial charge in [-0.25, -0.2) is 13.4 Å². The summed E-state index contributed by atoms with van der Waals surface area (Å²) < 4.78 is 30.6. The zero-order valence-electron chi connectivity index (χ0n) is 15.5. The monoisotopic (exact) mass is 429 g/mol. The Hall–Kier alpha value is -3.17. The summed E-state index contributed by atoms with van der Waals surface area (Å²) in [7, 11) is -3.32. The Morgan fingerprint density at radius 2 is 1.93 bits per heavy atom. The molecule has 0 aliphatic carbocycles. The number of anilines is 2. The maximum atomic E-state index is 12.3. The van der Waals surface area contributed by atoms with Crippen LogP contribution in [0.4, 0.5) is 11.4 Å². The summed E-state index contributed by atoms with van der Waals surface area (Å²) in [5, 5.41) is 4.70. The molecule has 0 atom stereocenters. The maximum Gasteiger partial charge on any atom is 0.248 e. The zero-order valence-corrected chi connectivity index (χ0v) is 17.2. The highest BCUT2D eigenvalue weighted by Gasteiger charge is 2.07. The van der Waals surface area contributed by atoms with Crippen LogP contribution in [0.2, 0.25) is 0 Å². The molecule has 3 aromatic rings. The number of nitrogens with zero attached hydrogens (tertiary/aromatic N) is 1. The number of para-hydroxylation sites is 2. The molecule has 1 amide bonds. The Kier molecular flexibility index (Phi) is 6.63. The van der Waals surface area contributed by atoms with Gasteiger partial charge in [0.15, 0.2) is 0 Å². The highest BCUT2D eigenvalue weighted by Crippen LogP contribution is 2.25. The average Bonchev–Trinajstić information content (AvgIpc) is 3.19. The normalized spacial score (nSPS) is 11.3. The van der Waals surface area contributed by atoms with Crippen molar-refractivity contribution < 1.29 is 17.9 Å². The minimum atomic E-state index is -3.32. The van der Waals surface area contributed by atoms with Crippen molar-refractivity contribution in [2.75, 3.05) is 16.3 Å². The van der Waals surface area contributed by atoms with E-state index in [-0.39, 0.29) is 5.91 Å². The summed E-state index contributed by atoms with van der Waals surface area (Å²) in [6.45, 7) is 0.320. The maximum absolute atomic E-state index is 12.3. The SMILES string of the molecule is CS(=O)(=O)Nc1ccc(/C=C/C(=O)Nc2ccccc2OCc2cscn2)cc1. The van der Waals surface area contributed by atoms with Gasteiger partial charge < -0.3 is 10.1 Å². The minimum Gasteiger partial charge on any atom is -0.485 e. The standard InChI is InChI=1S/C20H19N3O4S2/c1-29(25,26)23-16-9-6-15(7-10-16)8-11-20(24)22-18-4-2-3-5-19(18)27-12-17-13-28-14-21-17/h2-11,13-14,23H,12H2,1H3,(H,22,24)/b11-8+. The molecule has 9 heteroatoms. The van der Waals surface area contributed by atoms with E-state index in [9.17, 15) is 13.2 Å². The molecule has 1 aromatic heterocycles. The lowest BCUT2D eigenvalue weighted by Crippen LogP contribution is -2.09. The van der Waals surface area contributed by atoms with Crippen LogP contribution in [-0.2, 0) is 21.4 Å². The number of carbonyl (C=O) groups is 1. The molecule has 0 unspecified atom stereocenters. The summed E-state index contributed by atoms with van der Waals surface area (Å²) in [5.74, 6) is 0.242. The van der Waals surface area contributed by atoms with Gasteiger partial charge in [-0.15, -0.1) is 11.3 Å². The second kappa shape index (κ2) is 9.35. The van der Waals surface area contributed by atoms with Gasteiger partial charge in [-0.3, -0.25) is 9.52 Å². The van der Waals surface area contributed by atoms with Crippen LogP contribution >= 0.6 is 11.3 Å². The largest absolute Gasteiger partial charge is 0.485 e. The molecule has 2 N–H and O–H groups in total. The second-order valence-electron chi connectivity index (χ2n) is 6.08. The fraction of sp³-hybridized carbons (Fsp3) is 0.100. The van der Waals surface area contributed by atoms with Crippen LogP contribution in [0.25, 0.3) is 6.08 Å². The fourth-order valence-electron chi connectivity index (χ4n) is 2.38. The average molecular weight is 430 g/mol. The molecule has 0 fully saturated rings. The third kappa shape index (κ3) is 6.74. The molecule has 0 spiro atoms. The minimum absolute atomic E-state index is 0.312. The van der Waals surface area contributed by atoms with Crippen LogP contribution < -0.4 is 14.8 Å². The molecule has 150 valence electrons. The molecule has 0 saturated carbocycles. The zero-order chi connectivity index (χ0) is 20.7. The van der Waals surface area contributed by atoms with Gasteiger partial charge in [-0.1, -0.05) is 24.3 Å². The van der Waals surface area contributed by atoms with Gasteiger partial charge in [-0.05, 0) is 35.9 Å². The smallest absolute Gasteiger partial charge is 0.248 e. The van der Waals surface area contributed by atoms with E-state index in [1.54, 1.807) is 48.0 Å². The first kappa shape index (κ1) is 20.6. The van der Waals surface area contributed by atoms with E-state index < -0.39 is 10.0 Å². The molecule has 29 heavy (non-hydrogen) atoms. The molecule has 0 saturated heterocycles. The van der Waals surface area contributed by atoms with E-state index in [1.807, 2.05) is 17.5 Å². The van der Waals surface area contributed by atoms with E-state index in [0.717, 1.165) is 17.5 Å². The topological polar surface area (TPSA) is 97.4 Å². The second-order valence-corrected chi connectivity index (χ2v) is 8.55. The first-order valence-electron chi connectivity index (χ1n) is 8.55. The molecule has 3 rings (SSSR count). The van der Waals surface area contributed by atoms with Crippen LogP contribution in [-0.4, -0.2) is 25.6 Å². The number of carbonyl (C=O) groups excluding carboxylic acids is 1. The summed E-state index contributed by atoms with van der Waals surface area (Å²) in [5.41, 5.74) is 4.34. The number of thiazole rings is 1. The van der Waals surface area contributed by atoms with Crippen molar-refractivity contribution in [3.63, 3.8) is 0 Å². The summed E-state index contributed by atoms with van der Waals surface area (Å²) in [4.78, 5) is 16.4. The van der Waals surface area contributed by atoms with Crippen molar-refractivity contribution in [1.29, 1.82) is 0 Å². The van der Waals surface area contributed by atoms with E-state index in [1.165, 1.54) is 17.4 Å². The predicted molar refractivity (Wildman–Crippen MR) is 115 cm³/mol. The van der Waals surface area contributed by atoms with Gasteiger partial charge in [0, 0.05) is 17.1 Å². The van der Waals surface area contributed by atoms with E-state index in [2.05, 4.69) is 15.0 Å². The van der Waals surface area contributed by atoms with Crippen LogP contribution in [0, 0.1) is 0 Å².